The van der Waals surface area contributed by atoms with E-state index in [1.54, 1.807) is 0 Å². The molecule has 2 saturated heterocycles. The Bertz CT molecular complexity index is 1220. The molecule has 11 heteroatoms. The zero-order valence-electron chi connectivity index (χ0n) is 20.4. The van der Waals surface area contributed by atoms with Crippen molar-refractivity contribution >= 4 is 50.3 Å². The van der Waals surface area contributed by atoms with Gasteiger partial charge in [-0.25, -0.2) is 17.9 Å². The second kappa shape index (κ2) is 11.4. The molecule has 1 saturated carbocycles. The minimum Gasteiger partial charge on any atom is -0.323 e. The monoisotopic (exact) mass is 610 g/mol. The van der Waals surface area contributed by atoms with E-state index in [4.69, 9.17) is 0 Å². The third kappa shape index (κ3) is 6.37. The molecule has 2 aliphatic heterocycles. The highest BCUT2D eigenvalue weighted by atomic mass is 79.9. The third-order valence-electron chi connectivity index (χ3n) is 7.42. The maximum absolute atomic E-state index is 13.3. The molecule has 2 aromatic rings. The van der Waals surface area contributed by atoms with E-state index in [-0.39, 0.29) is 42.2 Å². The maximum Gasteiger partial charge on any atom is 0.325 e. The highest BCUT2D eigenvalue weighted by molar-refractivity contribution is 9.10. The van der Waals surface area contributed by atoms with E-state index in [9.17, 15) is 18.0 Å². The van der Waals surface area contributed by atoms with E-state index in [1.165, 1.54) is 4.90 Å². The minimum absolute atomic E-state index is 0. The summed E-state index contributed by atoms with van der Waals surface area (Å²) in [4.78, 5) is 29.5. The fraction of sp³-hybridized carbons (Fsp3) is 0.462. The number of halogens is 2. The fourth-order valence-corrected chi connectivity index (χ4v) is 6.92. The van der Waals surface area contributed by atoms with Crippen molar-refractivity contribution in [1.29, 1.82) is 0 Å². The molecule has 200 valence electrons. The van der Waals surface area contributed by atoms with Crippen LogP contribution in [0.4, 0.5) is 4.79 Å². The van der Waals surface area contributed by atoms with E-state index in [2.05, 4.69) is 30.9 Å². The number of carbonyl (C=O) groups is 2. The second-order valence-electron chi connectivity index (χ2n) is 9.99. The number of likely N-dealkylation sites (tertiary alicyclic amines) is 1. The lowest BCUT2D eigenvalue weighted by molar-refractivity contribution is -0.133. The van der Waals surface area contributed by atoms with Crippen molar-refractivity contribution in [3.63, 3.8) is 0 Å². The zero-order chi connectivity index (χ0) is 25.3. The molecule has 3 fully saturated rings. The topological polar surface area (TPSA) is 98.8 Å². The molecule has 0 radical (unpaired) electrons. The lowest BCUT2D eigenvalue weighted by Crippen LogP contribution is -2.55. The normalized spacial score (nSPS) is 20.5. The van der Waals surface area contributed by atoms with Crippen LogP contribution in [-0.2, 0) is 21.4 Å². The SMILES string of the molecule is Cl.O=C1NC2(CCN(CC[C@H](NS(=O)(=O)C3CC3)c3ccccc3)CC2)C(=O)N1Cc1ccc(Br)cc1. The van der Waals surface area contributed by atoms with Crippen LogP contribution in [-0.4, -0.2) is 60.6 Å². The van der Waals surface area contributed by atoms with Gasteiger partial charge in [-0.15, -0.1) is 12.4 Å². The van der Waals surface area contributed by atoms with Crippen LogP contribution in [0.2, 0.25) is 0 Å². The number of hydrogen-bond donors (Lipinski definition) is 2. The summed E-state index contributed by atoms with van der Waals surface area (Å²) >= 11 is 3.40. The van der Waals surface area contributed by atoms with Gasteiger partial charge >= 0.3 is 6.03 Å². The van der Waals surface area contributed by atoms with Crippen LogP contribution in [0.25, 0.3) is 0 Å². The number of benzene rings is 2. The Morgan fingerprint density at radius 3 is 2.30 bits per heavy atom. The van der Waals surface area contributed by atoms with Crippen molar-refractivity contribution < 1.29 is 18.0 Å². The Balaban J connectivity index is 0.00000320. The molecular formula is C26H32BrClN4O4S. The van der Waals surface area contributed by atoms with Gasteiger partial charge in [0.2, 0.25) is 10.0 Å². The maximum atomic E-state index is 13.3. The second-order valence-corrected chi connectivity index (χ2v) is 12.9. The van der Waals surface area contributed by atoms with Crippen LogP contribution in [0.15, 0.2) is 59.1 Å². The average Bonchev–Trinajstić information content (AvgIpc) is 3.71. The first kappa shape index (κ1) is 28.0. The number of imide groups is 1. The molecule has 3 amide bonds. The Kier molecular flexibility index (Phi) is 8.65. The summed E-state index contributed by atoms with van der Waals surface area (Å²) in [6.45, 7) is 2.28. The van der Waals surface area contributed by atoms with Crippen molar-refractivity contribution in [2.24, 2.45) is 0 Å². The molecule has 1 spiro atoms. The summed E-state index contributed by atoms with van der Waals surface area (Å²) in [5, 5.41) is 2.70. The molecule has 0 unspecified atom stereocenters. The average molecular weight is 612 g/mol. The first-order valence-corrected chi connectivity index (χ1v) is 14.8. The number of nitrogens with one attached hydrogen (secondary N) is 2. The summed E-state index contributed by atoms with van der Waals surface area (Å²) in [5.74, 6) is -0.158. The number of nitrogens with zero attached hydrogens (tertiary/aromatic N) is 2. The highest BCUT2D eigenvalue weighted by Gasteiger charge is 2.52. The van der Waals surface area contributed by atoms with E-state index < -0.39 is 15.6 Å². The van der Waals surface area contributed by atoms with Gasteiger partial charge in [0.05, 0.1) is 11.8 Å². The van der Waals surface area contributed by atoms with Gasteiger partial charge in [0.1, 0.15) is 5.54 Å². The Morgan fingerprint density at radius 2 is 1.68 bits per heavy atom. The summed E-state index contributed by atoms with van der Waals surface area (Å²) in [5.41, 5.74) is 1.00. The van der Waals surface area contributed by atoms with Crippen LogP contribution in [0.1, 0.15) is 49.3 Å². The summed E-state index contributed by atoms with van der Waals surface area (Å²) in [6.07, 6.45) is 3.17. The quantitative estimate of drug-likeness (QED) is 0.418. The lowest BCUT2D eigenvalue weighted by atomic mass is 9.87. The third-order valence-corrected chi connectivity index (χ3v) is 9.91. The fourth-order valence-electron chi connectivity index (χ4n) is 5.05. The number of amides is 3. The summed E-state index contributed by atoms with van der Waals surface area (Å²) in [7, 11) is -3.32. The van der Waals surface area contributed by atoms with Gasteiger partial charge in [0.15, 0.2) is 0 Å². The predicted octanol–water partition coefficient (Wildman–Crippen LogP) is 3.97. The van der Waals surface area contributed by atoms with E-state index in [1.807, 2.05) is 54.6 Å². The number of urea groups is 1. The number of sulfonamides is 1. The van der Waals surface area contributed by atoms with E-state index in [0.29, 0.717) is 38.9 Å². The predicted molar refractivity (Wildman–Crippen MR) is 148 cm³/mol. The number of hydrogen-bond acceptors (Lipinski definition) is 5. The van der Waals surface area contributed by atoms with Crippen LogP contribution in [0, 0.1) is 0 Å². The molecular weight excluding hydrogens is 580 g/mol. The molecule has 2 heterocycles. The van der Waals surface area contributed by atoms with Gasteiger partial charge in [-0.1, -0.05) is 58.4 Å². The van der Waals surface area contributed by atoms with Crippen molar-refractivity contribution in [3.05, 3.63) is 70.2 Å². The Labute approximate surface area is 232 Å². The molecule has 1 aliphatic carbocycles. The Morgan fingerprint density at radius 1 is 1.03 bits per heavy atom. The van der Waals surface area contributed by atoms with E-state index in [0.717, 1.165) is 28.4 Å². The molecule has 1 atom stereocenters. The summed E-state index contributed by atoms with van der Waals surface area (Å²) < 4.78 is 29.1. The van der Waals surface area contributed by atoms with Gasteiger partial charge < -0.3 is 10.2 Å². The van der Waals surface area contributed by atoms with Crippen LogP contribution < -0.4 is 10.0 Å². The molecule has 8 nitrogen and oxygen atoms in total. The number of rotatable bonds is 9. The van der Waals surface area contributed by atoms with Gasteiger partial charge in [-0.05, 0) is 61.9 Å². The van der Waals surface area contributed by atoms with Gasteiger partial charge in [-0.3, -0.25) is 9.69 Å². The van der Waals surface area contributed by atoms with Gasteiger partial charge in [0, 0.05) is 23.6 Å². The van der Waals surface area contributed by atoms with Crippen LogP contribution in [0.5, 0.6) is 0 Å². The lowest BCUT2D eigenvalue weighted by Gasteiger charge is -2.37. The van der Waals surface area contributed by atoms with Crippen molar-refractivity contribution in [1.82, 2.24) is 19.8 Å². The van der Waals surface area contributed by atoms with Crippen molar-refractivity contribution in [2.75, 3.05) is 19.6 Å². The highest BCUT2D eigenvalue weighted by Crippen LogP contribution is 2.32. The molecule has 3 aliphatic rings. The number of carbonyl (C=O) groups excluding carboxylic acids is 2. The molecule has 2 aromatic carbocycles. The molecule has 5 rings (SSSR count). The van der Waals surface area contributed by atoms with Crippen molar-refractivity contribution in [2.45, 2.75) is 55.5 Å². The molecule has 37 heavy (non-hydrogen) atoms. The molecule has 0 aromatic heterocycles. The van der Waals surface area contributed by atoms with E-state index >= 15 is 0 Å². The van der Waals surface area contributed by atoms with Crippen LogP contribution in [0.3, 0.4) is 0 Å². The van der Waals surface area contributed by atoms with Gasteiger partial charge in [-0.2, -0.15) is 0 Å². The first-order valence-electron chi connectivity index (χ1n) is 12.4. The van der Waals surface area contributed by atoms with Gasteiger partial charge in [0.25, 0.3) is 5.91 Å². The zero-order valence-corrected chi connectivity index (χ0v) is 23.7. The largest absolute Gasteiger partial charge is 0.325 e. The smallest absolute Gasteiger partial charge is 0.323 e. The van der Waals surface area contributed by atoms with Crippen molar-refractivity contribution in [3.8, 4) is 0 Å². The number of piperidine rings is 1. The first-order chi connectivity index (χ1) is 17.3. The molecule has 2 N–H and O–H groups in total. The minimum atomic E-state index is -3.32. The molecule has 0 bridgehead atoms. The van der Waals surface area contributed by atoms with Crippen LogP contribution >= 0.6 is 28.3 Å². The summed E-state index contributed by atoms with van der Waals surface area (Å²) in [6, 6.07) is 16.7. The standard InChI is InChI=1S/C26H31BrN4O4S.ClH/c27-21-8-6-19(7-9-21)18-31-24(32)26(28-25(31)33)13-16-30(17-14-26)15-12-23(20-4-2-1-3-5-20)29-36(34,35)22-10-11-22;/h1-9,22-23,29H,10-18H2,(H,28,33);1H/t23-;/m0./s1. The Hall–Kier alpha value is -1.98.